The van der Waals surface area contributed by atoms with Gasteiger partial charge in [0.25, 0.3) is 0 Å². The molecule has 0 saturated carbocycles. The van der Waals surface area contributed by atoms with E-state index in [0.29, 0.717) is 0 Å². The van der Waals surface area contributed by atoms with Gasteiger partial charge >= 0.3 is 6.09 Å². The SMILES string of the molecule is CC(C)C(NC(=O)OC(C)(C)C)C(=O)S. The van der Waals surface area contributed by atoms with Crippen molar-refractivity contribution in [2.45, 2.75) is 46.3 Å². The number of hydrogen-bond donors (Lipinski definition) is 2. The van der Waals surface area contributed by atoms with Crippen molar-refractivity contribution in [3.05, 3.63) is 0 Å². The van der Waals surface area contributed by atoms with Crippen LogP contribution in [0.25, 0.3) is 0 Å². The van der Waals surface area contributed by atoms with Gasteiger partial charge in [0, 0.05) is 0 Å². The zero-order chi connectivity index (χ0) is 12.2. The first-order valence-electron chi connectivity index (χ1n) is 4.86. The Balaban J connectivity index is 4.31. The van der Waals surface area contributed by atoms with Gasteiger partial charge in [-0.1, -0.05) is 13.8 Å². The minimum atomic E-state index is -0.608. The van der Waals surface area contributed by atoms with Crippen molar-refractivity contribution in [2.24, 2.45) is 5.92 Å². The highest BCUT2D eigenvalue weighted by atomic mass is 32.1. The predicted molar refractivity (Wildman–Crippen MR) is 62.0 cm³/mol. The molecule has 15 heavy (non-hydrogen) atoms. The van der Waals surface area contributed by atoms with E-state index >= 15 is 0 Å². The van der Waals surface area contributed by atoms with Crippen LogP contribution in [0.3, 0.4) is 0 Å². The fraction of sp³-hybridized carbons (Fsp3) is 0.800. The van der Waals surface area contributed by atoms with Gasteiger partial charge in [0.2, 0.25) is 5.12 Å². The van der Waals surface area contributed by atoms with Crippen LogP contribution in [0.15, 0.2) is 0 Å². The molecule has 0 heterocycles. The van der Waals surface area contributed by atoms with Crippen molar-refractivity contribution in [2.75, 3.05) is 0 Å². The topological polar surface area (TPSA) is 55.4 Å². The highest BCUT2D eigenvalue weighted by Crippen LogP contribution is 2.09. The van der Waals surface area contributed by atoms with Crippen LogP contribution in [0, 0.1) is 5.92 Å². The summed E-state index contributed by atoms with van der Waals surface area (Å²) >= 11 is 3.71. The van der Waals surface area contributed by atoms with Gasteiger partial charge in [0.1, 0.15) is 11.6 Å². The van der Waals surface area contributed by atoms with Crippen LogP contribution in [0.2, 0.25) is 0 Å². The lowest BCUT2D eigenvalue weighted by atomic mass is 10.1. The van der Waals surface area contributed by atoms with Crippen LogP contribution in [0.4, 0.5) is 4.79 Å². The first kappa shape index (κ1) is 14.3. The summed E-state index contributed by atoms with van der Waals surface area (Å²) in [6.07, 6.45) is -0.594. The highest BCUT2D eigenvalue weighted by molar-refractivity contribution is 7.96. The van der Waals surface area contributed by atoms with E-state index in [1.807, 2.05) is 13.8 Å². The largest absolute Gasteiger partial charge is 0.444 e. The maximum atomic E-state index is 11.4. The van der Waals surface area contributed by atoms with Gasteiger partial charge in [-0.3, -0.25) is 4.79 Å². The first-order valence-corrected chi connectivity index (χ1v) is 5.30. The van der Waals surface area contributed by atoms with Crippen molar-refractivity contribution >= 4 is 23.8 Å². The summed E-state index contributed by atoms with van der Waals surface area (Å²) in [6, 6.07) is -0.608. The lowest BCUT2D eigenvalue weighted by Gasteiger charge is -2.23. The Morgan fingerprint density at radius 2 is 1.73 bits per heavy atom. The number of hydrogen-bond acceptors (Lipinski definition) is 3. The van der Waals surface area contributed by atoms with Gasteiger partial charge in [-0.2, -0.15) is 0 Å². The maximum absolute atomic E-state index is 11.4. The van der Waals surface area contributed by atoms with Crippen LogP contribution in [-0.2, 0) is 9.53 Å². The maximum Gasteiger partial charge on any atom is 0.408 e. The molecule has 0 aromatic carbocycles. The number of nitrogens with one attached hydrogen (secondary N) is 1. The standard InChI is InChI=1S/C10H19NO3S/c1-6(2)7(8(12)15)11-9(13)14-10(3,4)5/h6-7H,1-5H3,(H,11,13)(H,12,15). The van der Waals surface area contributed by atoms with E-state index in [0.717, 1.165) is 0 Å². The number of rotatable bonds is 3. The molecule has 0 aliphatic carbocycles. The Morgan fingerprint density at radius 3 is 2.00 bits per heavy atom. The molecule has 0 bridgehead atoms. The number of thiol groups is 1. The number of amides is 1. The quantitative estimate of drug-likeness (QED) is 0.733. The molecule has 5 heteroatoms. The first-order chi connectivity index (χ1) is 6.63. The van der Waals surface area contributed by atoms with Crippen molar-refractivity contribution in [1.29, 1.82) is 0 Å². The van der Waals surface area contributed by atoms with E-state index in [2.05, 4.69) is 17.9 Å². The molecule has 1 unspecified atom stereocenters. The van der Waals surface area contributed by atoms with Gasteiger partial charge in [-0.15, -0.1) is 12.6 Å². The molecular weight excluding hydrogens is 214 g/mol. The van der Waals surface area contributed by atoms with Gasteiger partial charge in [0.05, 0.1) is 0 Å². The normalized spacial score (nSPS) is 13.5. The third kappa shape index (κ3) is 6.38. The van der Waals surface area contributed by atoms with E-state index in [-0.39, 0.29) is 11.0 Å². The van der Waals surface area contributed by atoms with Crippen LogP contribution in [0.1, 0.15) is 34.6 Å². The summed E-state index contributed by atoms with van der Waals surface area (Å²) in [5, 5.41) is 2.12. The summed E-state index contributed by atoms with van der Waals surface area (Å²) < 4.78 is 5.03. The Hall–Kier alpha value is -0.710. The smallest absolute Gasteiger partial charge is 0.408 e. The molecule has 0 radical (unpaired) electrons. The molecule has 0 rings (SSSR count). The molecule has 0 spiro atoms. The zero-order valence-electron chi connectivity index (χ0n) is 9.83. The molecule has 88 valence electrons. The molecule has 0 aromatic heterocycles. The molecular formula is C10H19NO3S. The summed E-state index contributed by atoms with van der Waals surface area (Å²) in [4.78, 5) is 22.4. The van der Waals surface area contributed by atoms with Crippen LogP contribution < -0.4 is 5.32 Å². The highest BCUT2D eigenvalue weighted by Gasteiger charge is 2.24. The average Bonchev–Trinajstić information content (AvgIpc) is 1.95. The van der Waals surface area contributed by atoms with Gasteiger partial charge in [-0.05, 0) is 26.7 Å². The number of carbonyl (C=O) groups is 2. The lowest BCUT2D eigenvalue weighted by Crippen LogP contribution is -2.44. The molecule has 1 N–H and O–H groups in total. The number of ether oxygens (including phenoxy) is 1. The van der Waals surface area contributed by atoms with Gasteiger partial charge < -0.3 is 10.1 Å². The van der Waals surface area contributed by atoms with Crippen LogP contribution in [0.5, 0.6) is 0 Å². The minimum Gasteiger partial charge on any atom is -0.444 e. The number of alkyl carbamates (subject to hydrolysis) is 1. The van der Waals surface area contributed by atoms with Crippen molar-refractivity contribution in [1.82, 2.24) is 5.32 Å². The van der Waals surface area contributed by atoms with E-state index in [4.69, 9.17) is 4.74 Å². The second-order valence-electron chi connectivity index (χ2n) is 4.71. The molecule has 0 aliphatic rings. The molecule has 0 fully saturated rings. The minimum absolute atomic E-state index is 0.0116. The zero-order valence-corrected chi connectivity index (χ0v) is 10.7. The Bertz CT molecular complexity index is 246. The molecule has 0 saturated heterocycles. The fourth-order valence-electron chi connectivity index (χ4n) is 0.948. The average molecular weight is 233 g/mol. The van der Waals surface area contributed by atoms with E-state index < -0.39 is 17.7 Å². The fourth-order valence-corrected chi connectivity index (χ4v) is 1.31. The Labute approximate surface area is 96.2 Å². The second kappa shape index (κ2) is 5.39. The molecule has 4 nitrogen and oxygen atoms in total. The Kier molecular flexibility index (Phi) is 5.14. The number of carbonyl (C=O) groups excluding carboxylic acids is 2. The predicted octanol–water partition coefficient (Wildman–Crippen LogP) is 1.99. The third-order valence-corrected chi connectivity index (χ3v) is 1.88. The molecule has 1 atom stereocenters. The van der Waals surface area contributed by atoms with E-state index in [1.165, 1.54) is 0 Å². The summed E-state index contributed by atoms with van der Waals surface area (Å²) in [6.45, 7) is 8.95. The third-order valence-electron chi connectivity index (χ3n) is 1.60. The Morgan fingerprint density at radius 1 is 1.27 bits per heavy atom. The monoisotopic (exact) mass is 233 g/mol. The summed E-state index contributed by atoms with van der Waals surface area (Å²) in [5.41, 5.74) is -0.564. The van der Waals surface area contributed by atoms with Crippen LogP contribution >= 0.6 is 12.6 Å². The van der Waals surface area contributed by atoms with Crippen LogP contribution in [-0.4, -0.2) is 22.9 Å². The van der Waals surface area contributed by atoms with Gasteiger partial charge in [-0.25, -0.2) is 4.79 Å². The van der Waals surface area contributed by atoms with Gasteiger partial charge in [0.15, 0.2) is 0 Å². The van der Waals surface area contributed by atoms with E-state index in [9.17, 15) is 9.59 Å². The lowest BCUT2D eigenvalue weighted by molar-refractivity contribution is -0.113. The van der Waals surface area contributed by atoms with Crippen molar-refractivity contribution in [3.8, 4) is 0 Å². The summed E-state index contributed by atoms with van der Waals surface area (Å²) in [5.74, 6) is -0.0116. The second-order valence-corrected chi connectivity index (χ2v) is 5.15. The molecule has 0 aromatic rings. The summed E-state index contributed by atoms with van der Waals surface area (Å²) in [7, 11) is 0. The molecule has 0 aliphatic heterocycles. The van der Waals surface area contributed by atoms with E-state index in [1.54, 1.807) is 20.8 Å². The van der Waals surface area contributed by atoms with Crippen molar-refractivity contribution < 1.29 is 14.3 Å². The molecule has 1 amide bonds. The van der Waals surface area contributed by atoms with Crippen molar-refractivity contribution in [3.63, 3.8) is 0 Å².